The van der Waals surface area contributed by atoms with E-state index in [4.69, 9.17) is 9.15 Å². The third-order valence-electron chi connectivity index (χ3n) is 6.63. The minimum Gasteiger partial charge on any atom is -0.464 e. The zero-order valence-corrected chi connectivity index (χ0v) is 20.3. The van der Waals surface area contributed by atoms with Crippen LogP contribution < -0.4 is 4.74 Å². The van der Waals surface area contributed by atoms with Crippen molar-refractivity contribution in [3.63, 3.8) is 0 Å². The number of benzene rings is 3. The molecule has 0 saturated carbocycles. The first-order chi connectivity index (χ1) is 17.8. The summed E-state index contributed by atoms with van der Waals surface area (Å²) in [5, 5.41) is 1.05. The maximum Gasteiger partial charge on any atom is 0.573 e. The van der Waals surface area contributed by atoms with Crippen LogP contribution in [0.15, 0.2) is 77.4 Å². The van der Waals surface area contributed by atoms with Crippen molar-refractivity contribution in [3.8, 4) is 16.9 Å². The topological polar surface area (TPSA) is 51.9 Å². The molecule has 5 rings (SSSR count). The van der Waals surface area contributed by atoms with Gasteiger partial charge in [-0.1, -0.05) is 36.4 Å². The van der Waals surface area contributed by atoms with E-state index in [2.05, 4.69) is 10.8 Å². The number of alkyl halides is 3. The molecule has 1 aliphatic rings. The Balaban J connectivity index is 1.33. The molecule has 3 aromatic carbocycles. The molecule has 0 aliphatic carbocycles. The minimum atomic E-state index is -4.75. The smallest absolute Gasteiger partial charge is 0.464 e. The number of nitrogens with zero attached hydrogens (tertiary/aromatic N) is 1. The van der Waals surface area contributed by atoms with Crippen LogP contribution in [0.4, 0.5) is 13.2 Å². The van der Waals surface area contributed by atoms with E-state index in [-0.39, 0.29) is 17.6 Å². The number of fused-ring (bicyclic) bond motifs is 1. The fourth-order valence-electron chi connectivity index (χ4n) is 4.83. The van der Waals surface area contributed by atoms with Crippen molar-refractivity contribution in [1.82, 2.24) is 4.90 Å². The summed E-state index contributed by atoms with van der Waals surface area (Å²) in [5.74, 6) is -0.250. The Hall–Kier alpha value is -3.78. The number of hydrogen-bond acceptors (Lipinski definition) is 4. The van der Waals surface area contributed by atoms with Crippen LogP contribution in [0.5, 0.6) is 5.75 Å². The highest BCUT2D eigenvalue weighted by Crippen LogP contribution is 2.30. The lowest BCUT2D eigenvalue weighted by Crippen LogP contribution is -2.36. The van der Waals surface area contributed by atoms with Gasteiger partial charge in [-0.05, 0) is 65.9 Å². The highest BCUT2D eigenvalue weighted by atomic mass is 19.4. The maximum atomic E-state index is 13.6. The van der Waals surface area contributed by atoms with Crippen molar-refractivity contribution in [3.05, 3.63) is 89.7 Å². The van der Waals surface area contributed by atoms with Crippen LogP contribution in [0.2, 0.25) is 0 Å². The Labute approximate surface area is 212 Å². The first-order valence-electron chi connectivity index (χ1n) is 12.1. The zero-order chi connectivity index (χ0) is 26.0. The summed E-state index contributed by atoms with van der Waals surface area (Å²) in [6.07, 6.45) is -2.32. The number of halogens is 3. The normalized spacial score (nSPS) is 16.5. The van der Waals surface area contributed by atoms with E-state index < -0.39 is 6.36 Å². The van der Waals surface area contributed by atoms with E-state index >= 15 is 0 Å². The number of hydrogen-bond donors (Lipinski definition) is 0. The van der Waals surface area contributed by atoms with Gasteiger partial charge in [-0.15, -0.1) is 13.2 Å². The summed E-state index contributed by atoms with van der Waals surface area (Å²) >= 11 is 0. The molecule has 37 heavy (non-hydrogen) atoms. The number of rotatable bonds is 5. The molecule has 0 radical (unpaired) electrons. The first-order valence-corrected chi connectivity index (χ1v) is 12.1. The van der Waals surface area contributed by atoms with Crippen LogP contribution in [0.1, 0.15) is 21.5 Å². The van der Waals surface area contributed by atoms with Gasteiger partial charge in [0, 0.05) is 30.0 Å². The molecular weight excluding hydrogens is 483 g/mol. The van der Waals surface area contributed by atoms with Crippen LogP contribution in [-0.2, 0) is 11.2 Å². The van der Waals surface area contributed by atoms with Crippen molar-refractivity contribution in [2.24, 2.45) is 5.92 Å². The van der Waals surface area contributed by atoms with Crippen LogP contribution >= 0.6 is 0 Å². The Morgan fingerprint density at radius 3 is 2.68 bits per heavy atom. The van der Waals surface area contributed by atoms with Gasteiger partial charge < -0.3 is 18.8 Å². The van der Waals surface area contributed by atoms with Gasteiger partial charge in [-0.25, -0.2) is 0 Å². The fourth-order valence-corrected chi connectivity index (χ4v) is 4.83. The second-order valence-electron chi connectivity index (χ2n) is 9.24. The van der Waals surface area contributed by atoms with Crippen molar-refractivity contribution >= 4 is 16.9 Å². The van der Waals surface area contributed by atoms with Crippen molar-refractivity contribution in [2.75, 3.05) is 26.3 Å². The molecule has 2 heterocycles. The van der Waals surface area contributed by atoms with E-state index in [0.717, 1.165) is 34.1 Å². The predicted molar refractivity (Wildman–Crippen MR) is 133 cm³/mol. The highest BCUT2D eigenvalue weighted by Gasteiger charge is 2.31. The largest absolute Gasteiger partial charge is 0.573 e. The third kappa shape index (κ3) is 5.80. The molecule has 5 nitrogen and oxygen atoms in total. The Morgan fingerprint density at radius 1 is 1.08 bits per heavy atom. The van der Waals surface area contributed by atoms with Gasteiger partial charge in [0.2, 0.25) is 0 Å². The summed E-state index contributed by atoms with van der Waals surface area (Å²) < 4.78 is 52.8. The van der Waals surface area contributed by atoms with E-state index in [9.17, 15) is 18.0 Å². The summed E-state index contributed by atoms with van der Waals surface area (Å²) in [6.45, 7) is 3.92. The number of ether oxygens (including phenoxy) is 2. The number of amides is 1. The first kappa shape index (κ1) is 24.9. The average Bonchev–Trinajstić information content (AvgIpc) is 3.20. The quantitative estimate of drug-likeness (QED) is 0.303. The molecule has 0 N–H and O–H groups in total. The highest BCUT2D eigenvalue weighted by molar-refractivity contribution is 5.97. The van der Waals surface area contributed by atoms with Crippen LogP contribution in [-0.4, -0.2) is 43.5 Å². The Kier molecular flexibility index (Phi) is 6.93. The number of carbonyl (C=O) groups excluding carboxylic acids is 1. The average molecular weight is 510 g/mol. The molecule has 192 valence electrons. The SMILES string of the molecule is Cc1c(C(=O)N2CCOC[C@H](Cc3ccc4ccoc4c3)C2)cccc1-c1ccc(OC(F)(F)F)cc1. The summed E-state index contributed by atoms with van der Waals surface area (Å²) in [5.41, 5.74) is 4.77. The van der Waals surface area contributed by atoms with E-state index in [1.807, 2.05) is 36.1 Å². The Morgan fingerprint density at radius 2 is 1.89 bits per heavy atom. The monoisotopic (exact) mass is 509 g/mol. The molecule has 0 unspecified atom stereocenters. The fraction of sp³-hybridized carbons (Fsp3) is 0.276. The van der Waals surface area contributed by atoms with Gasteiger partial charge in [0.15, 0.2) is 0 Å². The maximum absolute atomic E-state index is 13.6. The Bertz CT molecular complexity index is 1390. The molecule has 0 bridgehead atoms. The lowest BCUT2D eigenvalue weighted by Gasteiger charge is -2.25. The second kappa shape index (κ2) is 10.3. The summed E-state index contributed by atoms with van der Waals surface area (Å²) in [6, 6.07) is 19.2. The molecule has 1 saturated heterocycles. The molecule has 0 spiro atoms. The van der Waals surface area contributed by atoms with Gasteiger partial charge in [0.25, 0.3) is 5.91 Å². The number of furan rings is 1. The molecule has 1 fully saturated rings. The van der Waals surface area contributed by atoms with Crippen molar-refractivity contribution in [2.45, 2.75) is 19.7 Å². The molecule has 1 aliphatic heterocycles. The lowest BCUT2D eigenvalue weighted by molar-refractivity contribution is -0.274. The van der Waals surface area contributed by atoms with Crippen molar-refractivity contribution < 1.29 is 31.9 Å². The van der Waals surface area contributed by atoms with Crippen LogP contribution in [0, 0.1) is 12.8 Å². The van der Waals surface area contributed by atoms with E-state index in [1.165, 1.54) is 12.1 Å². The molecule has 8 heteroatoms. The lowest BCUT2D eigenvalue weighted by atomic mass is 9.95. The van der Waals surface area contributed by atoms with Gasteiger partial charge in [-0.3, -0.25) is 4.79 Å². The summed E-state index contributed by atoms with van der Waals surface area (Å²) in [7, 11) is 0. The number of carbonyl (C=O) groups is 1. The van der Waals surface area contributed by atoms with Gasteiger partial charge in [0.1, 0.15) is 11.3 Å². The van der Waals surface area contributed by atoms with Crippen LogP contribution in [0.25, 0.3) is 22.1 Å². The standard InChI is InChI=1S/C29H26F3NO4/c1-19-25(22-7-9-24(10-8-22)37-29(30,31)32)3-2-4-26(19)28(34)33-12-14-35-18-21(17-33)15-20-5-6-23-11-13-36-27(23)16-20/h2-11,13,16,21H,12,14-15,17-18H2,1H3/t21-/m1/s1. The van der Waals surface area contributed by atoms with E-state index in [1.54, 1.807) is 30.5 Å². The molecule has 4 aromatic rings. The summed E-state index contributed by atoms with van der Waals surface area (Å²) in [4.78, 5) is 15.4. The molecule has 1 atom stereocenters. The van der Waals surface area contributed by atoms with Gasteiger partial charge in [-0.2, -0.15) is 0 Å². The third-order valence-corrected chi connectivity index (χ3v) is 6.63. The van der Waals surface area contributed by atoms with Gasteiger partial charge >= 0.3 is 6.36 Å². The predicted octanol–water partition coefficient (Wildman–Crippen LogP) is 6.64. The zero-order valence-electron chi connectivity index (χ0n) is 20.3. The molecule has 1 aromatic heterocycles. The van der Waals surface area contributed by atoms with Gasteiger partial charge in [0.05, 0.1) is 19.5 Å². The molecule has 1 amide bonds. The second-order valence-corrected chi connectivity index (χ2v) is 9.24. The van der Waals surface area contributed by atoms with Crippen molar-refractivity contribution in [1.29, 1.82) is 0 Å². The van der Waals surface area contributed by atoms with E-state index in [0.29, 0.717) is 37.4 Å². The van der Waals surface area contributed by atoms with Crippen LogP contribution in [0.3, 0.4) is 0 Å². The molecular formula is C29H26F3NO4. The minimum absolute atomic E-state index is 0.0895.